The maximum Gasteiger partial charge on any atom is 0.270 e. The van der Waals surface area contributed by atoms with Crippen molar-refractivity contribution in [3.05, 3.63) is 76.0 Å². The molecule has 0 fully saturated rings. The zero-order valence-electron chi connectivity index (χ0n) is 15.2. The normalized spacial score (nSPS) is 10.4. The molecule has 0 aliphatic carbocycles. The van der Waals surface area contributed by atoms with Gasteiger partial charge in [-0.2, -0.15) is 0 Å². The number of rotatable bonds is 7. The van der Waals surface area contributed by atoms with E-state index in [1.54, 1.807) is 37.3 Å². The molecule has 2 N–H and O–H groups in total. The largest absolute Gasteiger partial charge is 0.360 e. The van der Waals surface area contributed by atoms with E-state index in [1.807, 2.05) is 0 Å². The third-order valence-corrected chi connectivity index (χ3v) is 4.71. The van der Waals surface area contributed by atoms with Crippen molar-refractivity contribution >= 4 is 40.8 Å². The summed E-state index contributed by atoms with van der Waals surface area (Å²) in [4.78, 5) is 35.3. The number of nitro benzene ring substituents is 1. The molecule has 10 heteroatoms. The lowest BCUT2D eigenvalue weighted by molar-refractivity contribution is -0.384. The molecule has 0 unspecified atom stereocenters. The van der Waals surface area contributed by atoms with Crippen molar-refractivity contribution in [1.29, 1.82) is 0 Å². The molecule has 2 amide bonds. The molecule has 3 aromatic rings. The van der Waals surface area contributed by atoms with E-state index < -0.39 is 10.8 Å². The minimum Gasteiger partial charge on any atom is -0.360 e. The molecule has 9 nitrogen and oxygen atoms in total. The number of thioether (sulfide) groups is 1. The number of nitrogens with zero attached hydrogens (tertiary/aromatic N) is 2. The second kappa shape index (κ2) is 9.02. The summed E-state index contributed by atoms with van der Waals surface area (Å²) in [5.41, 5.74) is 0.578. The average Bonchev–Trinajstić information content (AvgIpc) is 3.12. The van der Waals surface area contributed by atoms with Crippen LogP contribution in [-0.4, -0.2) is 27.6 Å². The number of carbonyl (C=O) groups excluding carboxylic acids is 2. The van der Waals surface area contributed by atoms with Crippen LogP contribution in [0.1, 0.15) is 16.1 Å². The summed E-state index contributed by atoms with van der Waals surface area (Å²) < 4.78 is 4.88. The lowest BCUT2D eigenvalue weighted by Crippen LogP contribution is -2.14. The zero-order chi connectivity index (χ0) is 20.8. The van der Waals surface area contributed by atoms with Crippen molar-refractivity contribution in [3.63, 3.8) is 0 Å². The van der Waals surface area contributed by atoms with E-state index in [1.165, 1.54) is 36.0 Å². The molecular weight excluding hydrogens is 396 g/mol. The first-order chi connectivity index (χ1) is 13.9. The molecule has 0 bridgehead atoms. The van der Waals surface area contributed by atoms with Gasteiger partial charge in [0, 0.05) is 34.3 Å². The van der Waals surface area contributed by atoms with Gasteiger partial charge in [-0.05, 0) is 37.3 Å². The Balaban J connectivity index is 1.53. The van der Waals surface area contributed by atoms with Gasteiger partial charge in [0.1, 0.15) is 5.76 Å². The lowest BCUT2D eigenvalue weighted by Gasteiger charge is -2.07. The lowest BCUT2D eigenvalue weighted by atomic mass is 10.2. The summed E-state index contributed by atoms with van der Waals surface area (Å²) in [6.45, 7) is 1.73. The maximum atomic E-state index is 12.3. The van der Waals surface area contributed by atoms with Crippen LogP contribution in [0.15, 0.2) is 64.0 Å². The Hall–Kier alpha value is -3.66. The predicted octanol–water partition coefficient (Wildman–Crippen LogP) is 3.87. The molecular formula is C19H16N4O5S. The van der Waals surface area contributed by atoms with Crippen LogP contribution in [0.3, 0.4) is 0 Å². The van der Waals surface area contributed by atoms with Crippen molar-refractivity contribution in [2.45, 2.75) is 11.8 Å². The summed E-state index contributed by atoms with van der Waals surface area (Å²) in [7, 11) is 0. The molecule has 0 aliphatic heterocycles. The summed E-state index contributed by atoms with van der Waals surface area (Å²) in [5, 5.41) is 19.8. The summed E-state index contributed by atoms with van der Waals surface area (Å²) >= 11 is 1.33. The second-order valence-electron chi connectivity index (χ2n) is 5.95. The van der Waals surface area contributed by atoms with Crippen LogP contribution < -0.4 is 10.6 Å². The molecule has 3 rings (SSSR count). The Morgan fingerprint density at radius 2 is 1.90 bits per heavy atom. The molecule has 29 heavy (non-hydrogen) atoms. The number of anilines is 2. The van der Waals surface area contributed by atoms with Crippen LogP contribution in [0.2, 0.25) is 0 Å². The number of nitro groups is 1. The number of aromatic nitrogens is 1. The number of aryl methyl sites for hydroxylation is 1. The predicted molar refractivity (Wildman–Crippen MR) is 108 cm³/mol. The fourth-order valence-corrected chi connectivity index (χ4v) is 3.05. The van der Waals surface area contributed by atoms with Gasteiger partial charge < -0.3 is 15.2 Å². The third-order valence-electron chi connectivity index (χ3n) is 3.70. The Morgan fingerprint density at radius 1 is 1.14 bits per heavy atom. The van der Waals surface area contributed by atoms with Gasteiger partial charge >= 0.3 is 0 Å². The molecule has 1 aromatic heterocycles. The van der Waals surface area contributed by atoms with Crippen molar-refractivity contribution in [3.8, 4) is 0 Å². The van der Waals surface area contributed by atoms with Crippen LogP contribution in [0, 0.1) is 17.0 Å². The van der Waals surface area contributed by atoms with Crippen LogP contribution in [0.5, 0.6) is 0 Å². The van der Waals surface area contributed by atoms with Gasteiger partial charge in [0.05, 0.1) is 10.7 Å². The highest BCUT2D eigenvalue weighted by molar-refractivity contribution is 8.00. The summed E-state index contributed by atoms with van der Waals surface area (Å²) in [6.07, 6.45) is 0. The van der Waals surface area contributed by atoms with Crippen LogP contribution >= 0.6 is 11.8 Å². The molecule has 1 heterocycles. The van der Waals surface area contributed by atoms with E-state index in [-0.39, 0.29) is 22.9 Å². The molecule has 0 saturated carbocycles. The number of amides is 2. The first-order valence-corrected chi connectivity index (χ1v) is 9.41. The standard InChI is InChI=1S/C19H16N4O5S/c1-12-9-17(22-28-12)21-18(24)11-29-16-7-5-14(6-8-16)20-19(25)13-3-2-4-15(10-13)23(26)27/h2-10H,11H2,1H3,(H,20,25)(H,21,22,24). The second-order valence-corrected chi connectivity index (χ2v) is 6.99. The van der Waals surface area contributed by atoms with Gasteiger partial charge in [-0.3, -0.25) is 19.7 Å². The smallest absolute Gasteiger partial charge is 0.270 e. The first-order valence-electron chi connectivity index (χ1n) is 8.42. The van der Waals surface area contributed by atoms with Gasteiger partial charge in [0.15, 0.2) is 5.82 Å². The van der Waals surface area contributed by atoms with Gasteiger partial charge in [-0.25, -0.2) is 0 Å². The Labute approximate surface area is 169 Å². The number of non-ortho nitro benzene ring substituents is 1. The average molecular weight is 412 g/mol. The van der Waals surface area contributed by atoms with Crippen molar-refractivity contribution in [2.24, 2.45) is 0 Å². The summed E-state index contributed by atoms with van der Waals surface area (Å²) in [5.74, 6) is 0.497. The highest BCUT2D eigenvalue weighted by Crippen LogP contribution is 2.21. The quantitative estimate of drug-likeness (QED) is 0.342. The highest BCUT2D eigenvalue weighted by Gasteiger charge is 2.12. The van der Waals surface area contributed by atoms with Gasteiger partial charge in [0.25, 0.3) is 11.6 Å². The Bertz CT molecular complexity index is 1050. The van der Waals surface area contributed by atoms with Gasteiger partial charge in [0.2, 0.25) is 5.91 Å². The van der Waals surface area contributed by atoms with E-state index in [4.69, 9.17) is 4.52 Å². The van der Waals surface area contributed by atoms with Crippen LogP contribution in [0.25, 0.3) is 0 Å². The number of hydrogen-bond donors (Lipinski definition) is 2. The molecule has 0 aliphatic rings. The monoisotopic (exact) mass is 412 g/mol. The molecule has 2 aromatic carbocycles. The molecule has 0 spiro atoms. The van der Waals surface area contributed by atoms with E-state index in [0.717, 1.165) is 4.90 Å². The number of hydrogen-bond acceptors (Lipinski definition) is 7. The van der Waals surface area contributed by atoms with Crippen LogP contribution in [-0.2, 0) is 4.79 Å². The molecule has 0 saturated heterocycles. The fourth-order valence-electron chi connectivity index (χ4n) is 2.35. The zero-order valence-corrected chi connectivity index (χ0v) is 16.1. The number of carbonyl (C=O) groups is 2. The van der Waals surface area contributed by atoms with E-state index in [0.29, 0.717) is 17.3 Å². The van der Waals surface area contributed by atoms with Gasteiger partial charge in [-0.15, -0.1) is 11.8 Å². The van der Waals surface area contributed by atoms with Gasteiger partial charge in [-0.1, -0.05) is 11.2 Å². The minimum atomic E-state index is -0.553. The maximum absolute atomic E-state index is 12.3. The Morgan fingerprint density at radius 3 is 2.55 bits per heavy atom. The van der Waals surface area contributed by atoms with Crippen LogP contribution in [0.4, 0.5) is 17.2 Å². The molecule has 0 atom stereocenters. The number of benzene rings is 2. The molecule has 148 valence electrons. The van der Waals surface area contributed by atoms with Crippen molar-refractivity contribution in [2.75, 3.05) is 16.4 Å². The SMILES string of the molecule is Cc1cc(NC(=O)CSc2ccc(NC(=O)c3cccc([N+](=O)[O-])c3)cc2)no1. The van der Waals surface area contributed by atoms with Crippen molar-refractivity contribution < 1.29 is 19.0 Å². The highest BCUT2D eigenvalue weighted by atomic mass is 32.2. The van der Waals surface area contributed by atoms with E-state index >= 15 is 0 Å². The minimum absolute atomic E-state index is 0.150. The van der Waals surface area contributed by atoms with Crippen molar-refractivity contribution in [1.82, 2.24) is 5.16 Å². The Kier molecular flexibility index (Phi) is 6.25. The fraction of sp³-hybridized carbons (Fsp3) is 0.105. The van der Waals surface area contributed by atoms with E-state index in [2.05, 4.69) is 15.8 Å². The third kappa shape index (κ3) is 5.66. The molecule has 0 radical (unpaired) electrons. The summed E-state index contributed by atoms with van der Waals surface area (Å²) in [6, 6.07) is 14.0. The topological polar surface area (TPSA) is 127 Å². The first kappa shape index (κ1) is 20.1. The number of nitrogens with one attached hydrogen (secondary N) is 2. The van der Waals surface area contributed by atoms with E-state index in [9.17, 15) is 19.7 Å².